The standard InChI is InChI=1S/C23H23FN2O3S/c1-4-17-7-5-6-16(3)22(17)25-23(27)18-9-8-15(2)21(14-18)30(28,29)26-20-12-10-19(24)11-13-20/h5-14,26H,4H2,1-3H3,(H,25,27). The predicted molar refractivity (Wildman–Crippen MR) is 117 cm³/mol. The zero-order chi connectivity index (χ0) is 21.9. The number of hydrogen-bond donors (Lipinski definition) is 2. The zero-order valence-electron chi connectivity index (χ0n) is 17.0. The number of nitrogens with one attached hydrogen (secondary N) is 2. The smallest absolute Gasteiger partial charge is 0.262 e. The van der Waals surface area contributed by atoms with Crippen LogP contribution in [0.15, 0.2) is 65.6 Å². The maximum atomic E-state index is 13.1. The third kappa shape index (κ3) is 4.68. The summed E-state index contributed by atoms with van der Waals surface area (Å²) >= 11 is 0. The van der Waals surface area contributed by atoms with Gasteiger partial charge in [0.05, 0.1) is 4.90 Å². The van der Waals surface area contributed by atoms with E-state index in [1.165, 1.54) is 30.3 Å². The van der Waals surface area contributed by atoms with E-state index in [4.69, 9.17) is 0 Å². The summed E-state index contributed by atoms with van der Waals surface area (Å²) in [6, 6.07) is 15.3. The average Bonchev–Trinajstić information content (AvgIpc) is 2.71. The average molecular weight is 427 g/mol. The van der Waals surface area contributed by atoms with E-state index in [0.717, 1.165) is 23.2 Å². The van der Waals surface area contributed by atoms with E-state index in [-0.39, 0.29) is 16.1 Å². The second kappa shape index (κ2) is 8.67. The van der Waals surface area contributed by atoms with Gasteiger partial charge in [-0.2, -0.15) is 0 Å². The molecule has 2 N–H and O–H groups in total. The maximum Gasteiger partial charge on any atom is 0.262 e. The lowest BCUT2D eigenvalue weighted by atomic mass is 10.1. The first-order valence-corrected chi connectivity index (χ1v) is 11.0. The molecule has 156 valence electrons. The van der Waals surface area contributed by atoms with Gasteiger partial charge in [-0.25, -0.2) is 12.8 Å². The number of carbonyl (C=O) groups excluding carboxylic acids is 1. The fraction of sp³-hybridized carbons (Fsp3) is 0.174. The Kier molecular flexibility index (Phi) is 6.22. The molecule has 0 heterocycles. The molecule has 0 aliphatic rings. The van der Waals surface area contributed by atoms with E-state index >= 15 is 0 Å². The normalized spacial score (nSPS) is 11.2. The molecule has 0 aliphatic heterocycles. The quantitative estimate of drug-likeness (QED) is 0.579. The molecule has 0 unspecified atom stereocenters. The molecule has 3 aromatic carbocycles. The highest BCUT2D eigenvalue weighted by Crippen LogP contribution is 2.24. The minimum Gasteiger partial charge on any atom is -0.321 e. The minimum absolute atomic E-state index is 0.0139. The lowest BCUT2D eigenvalue weighted by Crippen LogP contribution is -2.18. The minimum atomic E-state index is -3.96. The number of amides is 1. The van der Waals surface area contributed by atoms with E-state index < -0.39 is 21.7 Å². The highest BCUT2D eigenvalue weighted by atomic mass is 32.2. The summed E-state index contributed by atoms with van der Waals surface area (Å²) in [5.41, 5.74) is 3.62. The van der Waals surface area contributed by atoms with Gasteiger partial charge in [0.15, 0.2) is 0 Å². The van der Waals surface area contributed by atoms with Gasteiger partial charge in [-0.3, -0.25) is 9.52 Å². The van der Waals surface area contributed by atoms with E-state index in [2.05, 4.69) is 10.0 Å². The first-order valence-electron chi connectivity index (χ1n) is 9.50. The molecule has 0 fully saturated rings. The van der Waals surface area contributed by atoms with Crippen LogP contribution in [-0.2, 0) is 16.4 Å². The SMILES string of the molecule is CCc1cccc(C)c1NC(=O)c1ccc(C)c(S(=O)(=O)Nc2ccc(F)cc2)c1. The Morgan fingerprint density at radius 3 is 2.33 bits per heavy atom. The molecule has 0 aliphatic carbocycles. The number of aryl methyl sites for hydroxylation is 3. The number of sulfonamides is 1. The number of carbonyl (C=O) groups is 1. The molecule has 0 aromatic heterocycles. The Labute approximate surface area is 176 Å². The fourth-order valence-corrected chi connectivity index (χ4v) is 4.48. The van der Waals surface area contributed by atoms with Gasteiger partial charge >= 0.3 is 0 Å². The van der Waals surface area contributed by atoms with Crippen LogP contribution in [0.4, 0.5) is 15.8 Å². The van der Waals surface area contributed by atoms with Gasteiger partial charge < -0.3 is 5.32 Å². The summed E-state index contributed by atoms with van der Waals surface area (Å²) in [5, 5.41) is 2.90. The third-order valence-corrected chi connectivity index (χ3v) is 6.34. The molecule has 30 heavy (non-hydrogen) atoms. The van der Waals surface area contributed by atoms with E-state index in [1.807, 2.05) is 32.0 Å². The van der Waals surface area contributed by atoms with Gasteiger partial charge in [0.2, 0.25) is 0 Å². The molecule has 0 bridgehead atoms. The van der Waals surface area contributed by atoms with Crippen LogP contribution in [-0.4, -0.2) is 14.3 Å². The summed E-state index contributed by atoms with van der Waals surface area (Å²) in [6.07, 6.45) is 0.756. The van der Waals surface area contributed by atoms with Gasteiger partial charge in [0.1, 0.15) is 5.82 Å². The molecular weight excluding hydrogens is 403 g/mol. The van der Waals surface area contributed by atoms with Crippen LogP contribution in [0.3, 0.4) is 0 Å². The van der Waals surface area contributed by atoms with Crippen LogP contribution in [0.5, 0.6) is 0 Å². The van der Waals surface area contributed by atoms with Crippen molar-refractivity contribution in [2.45, 2.75) is 32.1 Å². The molecule has 0 saturated carbocycles. The largest absolute Gasteiger partial charge is 0.321 e. The highest BCUT2D eigenvalue weighted by molar-refractivity contribution is 7.92. The van der Waals surface area contributed by atoms with Gasteiger partial charge in [-0.15, -0.1) is 0 Å². The number of hydrogen-bond acceptors (Lipinski definition) is 3. The Hall–Kier alpha value is -3.19. The van der Waals surface area contributed by atoms with Gasteiger partial charge in [-0.1, -0.05) is 31.2 Å². The van der Waals surface area contributed by atoms with Crippen molar-refractivity contribution in [1.82, 2.24) is 0 Å². The van der Waals surface area contributed by atoms with Gasteiger partial charge in [0, 0.05) is 16.9 Å². The Balaban J connectivity index is 1.91. The molecule has 1 amide bonds. The summed E-state index contributed by atoms with van der Waals surface area (Å²) < 4.78 is 41.2. The van der Waals surface area contributed by atoms with Crippen molar-refractivity contribution in [3.63, 3.8) is 0 Å². The number of anilines is 2. The zero-order valence-corrected chi connectivity index (χ0v) is 17.8. The van der Waals surface area contributed by atoms with Crippen LogP contribution >= 0.6 is 0 Å². The molecule has 3 rings (SSSR count). The Morgan fingerprint density at radius 1 is 0.967 bits per heavy atom. The fourth-order valence-electron chi connectivity index (χ4n) is 3.15. The molecular formula is C23H23FN2O3S. The Bertz CT molecular complexity index is 1190. The van der Waals surface area contributed by atoms with Crippen LogP contribution in [0.25, 0.3) is 0 Å². The van der Waals surface area contributed by atoms with Gasteiger partial charge in [-0.05, 0) is 73.4 Å². The van der Waals surface area contributed by atoms with Crippen molar-refractivity contribution in [3.8, 4) is 0 Å². The lowest BCUT2D eigenvalue weighted by molar-refractivity contribution is 0.102. The van der Waals surface area contributed by atoms with Crippen molar-refractivity contribution in [3.05, 3.63) is 88.7 Å². The van der Waals surface area contributed by atoms with Crippen LogP contribution < -0.4 is 10.0 Å². The molecule has 3 aromatic rings. The monoisotopic (exact) mass is 426 g/mol. The van der Waals surface area contributed by atoms with Gasteiger partial charge in [0.25, 0.3) is 15.9 Å². The molecule has 0 spiro atoms. The second-order valence-electron chi connectivity index (χ2n) is 7.01. The van der Waals surface area contributed by atoms with Crippen molar-refractivity contribution in [1.29, 1.82) is 0 Å². The third-order valence-electron chi connectivity index (χ3n) is 4.81. The van der Waals surface area contributed by atoms with Crippen LogP contribution in [0.2, 0.25) is 0 Å². The van der Waals surface area contributed by atoms with Crippen molar-refractivity contribution < 1.29 is 17.6 Å². The first kappa shape index (κ1) is 21.5. The molecule has 7 heteroatoms. The highest BCUT2D eigenvalue weighted by Gasteiger charge is 2.20. The lowest BCUT2D eigenvalue weighted by Gasteiger charge is -2.15. The molecule has 0 radical (unpaired) electrons. The molecule has 0 saturated heterocycles. The molecule has 0 atom stereocenters. The number of halogens is 1. The van der Waals surface area contributed by atoms with Crippen LogP contribution in [0.1, 0.15) is 34.0 Å². The van der Waals surface area contributed by atoms with Crippen molar-refractivity contribution in [2.75, 3.05) is 10.0 Å². The Morgan fingerprint density at radius 2 is 1.67 bits per heavy atom. The molecule has 5 nitrogen and oxygen atoms in total. The predicted octanol–water partition coefficient (Wildman–Crippen LogP) is 5.06. The van der Waals surface area contributed by atoms with E-state index in [9.17, 15) is 17.6 Å². The topological polar surface area (TPSA) is 75.3 Å². The van der Waals surface area contributed by atoms with Crippen LogP contribution in [0, 0.1) is 19.7 Å². The second-order valence-corrected chi connectivity index (χ2v) is 8.66. The maximum absolute atomic E-state index is 13.1. The number of rotatable bonds is 6. The summed E-state index contributed by atoms with van der Waals surface area (Å²) in [4.78, 5) is 12.8. The first-order chi connectivity index (χ1) is 14.2. The van der Waals surface area contributed by atoms with Crippen molar-refractivity contribution >= 4 is 27.3 Å². The van der Waals surface area contributed by atoms with E-state index in [0.29, 0.717) is 5.56 Å². The number of para-hydroxylation sites is 1. The van der Waals surface area contributed by atoms with E-state index in [1.54, 1.807) is 19.1 Å². The summed E-state index contributed by atoms with van der Waals surface area (Å²) in [7, 11) is -3.96. The summed E-state index contributed by atoms with van der Waals surface area (Å²) in [6.45, 7) is 5.56. The summed E-state index contributed by atoms with van der Waals surface area (Å²) in [5.74, 6) is -0.854. The number of benzene rings is 3. The van der Waals surface area contributed by atoms with Crippen molar-refractivity contribution in [2.24, 2.45) is 0 Å².